The van der Waals surface area contributed by atoms with Gasteiger partial charge in [0.25, 0.3) is 0 Å². The molecular weight excluding hydrogens is 156 g/mol. The van der Waals surface area contributed by atoms with Gasteiger partial charge in [-0.2, -0.15) is 0 Å². The van der Waals surface area contributed by atoms with Gasteiger partial charge in [-0.05, 0) is 13.3 Å². The van der Waals surface area contributed by atoms with Crippen molar-refractivity contribution in [2.75, 3.05) is 26.4 Å². The summed E-state index contributed by atoms with van der Waals surface area (Å²) in [6.45, 7) is 7.00. The average Bonchev–Trinajstić information content (AvgIpc) is 2.09. The second-order valence-electron chi connectivity index (χ2n) is 2.67. The summed E-state index contributed by atoms with van der Waals surface area (Å²) in [7, 11) is 0. The molecule has 72 valence electrons. The summed E-state index contributed by atoms with van der Waals surface area (Å²) in [6, 6.07) is 0. The van der Waals surface area contributed by atoms with Crippen molar-refractivity contribution in [1.82, 2.24) is 0 Å². The zero-order chi connectivity index (χ0) is 9.23. The third-order valence-electron chi connectivity index (χ3n) is 1.38. The maximum atomic E-state index is 10.0. The highest BCUT2D eigenvalue weighted by Gasteiger charge is 2.00. The Bertz CT molecular complexity index is 85.8. The summed E-state index contributed by atoms with van der Waals surface area (Å²) in [6.07, 6.45) is 1.91. The van der Waals surface area contributed by atoms with Gasteiger partial charge in [0.15, 0.2) is 0 Å². The Kier molecular flexibility index (Phi) is 8.88. The molecule has 0 saturated heterocycles. The van der Waals surface area contributed by atoms with Crippen molar-refractivity contribution in [3.63, 3.8) is 0 Å². The van der Waals surface area contributed by atoms with E-state index in [9.17, 15) is 5.11 Å². The molecule has 0 spiro atoms. The van der Waals surface area contributed by atoms with E-state index in [1.807, 2.05) is 6.92 Å². The van der Waals surface area contributed by atoms with Gasteiger partial charge in [0.2, 0.25) is 0 Å². The molecule has 3 heteroatoms. The summed E-state index contributed by atoms with van der Waals surface area (Å²) in [4.78, 5) is 0. The quantitative estimate of drug-likeness (QED) is 0.522. The largest absolute Gasteiger partial charge is 0.379 e. The molecule has 0 amide bonds. The topological polar surface area (TPSA) is 38.4 Å². The van der Waals surface area contributed by atoms with Gasteiger partial charge in [0, 0.05) is 6.61 Å². The third kappa shape index (κ3) is 7.98. The Morgan fingerprint density at radius 2 is 2.17 bits per heavy atom. The van der Waals surface area contributed by atoms with Crippen LogP contribution in [0.25, 0.3) is 0 Å². The van der Waals surface area contributed by atoms with E-state index in [1.54, 1.807) is 0 Å². The van der Waals surface area contributed by atoms with E-state index in [0.717, 1.165) is 19.4 Å². The Hall–Kier alpha value is -0.120. The Morgan fingerprint density at radius 1 is 1.42 bits per heavy atom. The second kappa shape index (κ2) is 8.97. The van der Waals surface area contributed by atoms with Crippen molar-refractivity contribution in [1.29, 1.82) is 0 Å². The van der Waals surface area contributed by atoms with Crippen LogP contribution in [0.1, 0.15) is 19.8 Å². The molecule has 0 aliphatic carbocycles. The first kappa shape index (κ1) is 11.9. The van der Waals surface area contributed by atoms with Gasteiger partial charge in [0.05, 0.1) is 19.3 Å². The second-order valence-corrected chi connectivity index (χ2v) is 2.67. The molecule has 0 rings (SSSR count). The lowest BCUT2D eigenvalue weighted by atomic mass is 10.3. The van der Waals surface area contributed by atoms with Gasteiger partial charge < -0.3 is 9.47 Å². The number of hydrogen-bond donors (Lipinski definition) is 0. The van der Waals surface area contributed by atoms with Crippen LogP contribution in [0.2, 0.25) is 0 Å². The van der Waals surface area contributed by atoms with E-state index >= 15 is 0 Å². The molecule has 0 fully saturated rings. The predicted molar refractivity (Wildman–Crippen MR) is 46.4 cm³/mol. The van der Waals surface area contributed by atoms with E-state index in [4.69, 9.17) is 9.47 Å². The normalized spacial score (nSPS) is 13.2. The first-order valence-corrected chi connectivity index (χ1v) is 4.38. The molecule has 0 heterocycles. The van der Waals surface area contributed by atoms with Crippen molar-refractivity contribution < 1.29 is 14.6 Å². The molecule has 0 aliphatic heterocycles. The van der Waals surface area contributed by atoms with E-state index in [-0.39, 0.29) is 19.3 Å². The number of ether oxygens (including phenoxy) is 2. The summed E-state index contributed by atoms with van der Waals surface area (Å²) in [5, 5.41) is 10.0. The Labute approximate surface area is 74.7 Å². The molecular formula is C9H18O3. The minimum Gasteiger partial charge on any atom is -0.379 e. The van der Waals surface area contributed by atoms with Crippen LogP contribution in [0.15, 0.2) is 0 Å². The molecule has 1 atom stereocenters. The third-order valence-corrected chi connectivity index (χ3v) is 1.38. The van der Waals surface area contributed by atoms with Gasteiger partial charge >= 0.3 is 0 Å². The maximum absolute atomic E-state index is 10.0. The smallest absolute Gasteiger partial charge is 0.106 e. The zero-order valence-electron chi connectivity index (χ0n) is 7.75. The molecule has 0 saturated carbocycles. The molecule has 0 aromatic rings. The van der Waals surface area contributed by atoms with Crippen LogP contribution in [0, 0.1) is 6.92 Å². The molecule has 0 N–H and O–H groups in total. The van der Waals surface area contributed by atoms with Gasteiger partial charge in [-0.3, -0.25) is 0 Å². The van der Waals surface area contributed by atoms with Crippen molar-refractivity contribution in [3.05, 3.63) is 6.92 Å². The molecule has 0 aliphatic rings. The van der Waals surface area contributed by atoms with Gasteiger partial charge in [-0.15, -0.1) is 0 Å². The summed E-state index contributed by atoms with van der Waals surface area (Å²) in [5.41, 5.74) is 0. The van der Waals surface area contributed by atoms with Crippen molar-refractivity contribution in [2.45, 2.75) is 25.9 Å². The lowest BCUT2D eigenvalue weighted by Crippen LogP contribution is -2.18. The fraction of sp³-hybridized carbons (Fsp3) is 0.889. The van der Waals surface area contributed by atoms with Gasteiger partial charge in [0.1, 0.15) is 6.61 Å². The summed E-state index contributed by atoms with van der Waals surface area (Å²) < 4.78 is 10.4. The molecule has 0 bridgehead atoms. The lowest BCUT2D eigenvalue weighted by molar-refractivity contribution is -0.0268. The van der Waals surface area contributed by atoms with Gasteiger partial charge in [-0.25, -0.2) is 5.11 Å². The lowest BCUT2D eigenvalue weighted by Gasteiger charge is -2.11. The fourth-order valence-corrected chi connectivity index (χ4v) is 0.751. The minimum absolute atomic E-state index is 0.0313. The molecule has 3 nitrogen and oxygen atoms in total. The summed E-state index contributed by atoms with van der Waals surface area (Å²) >= 11 is 0. The predicted octanol–water partition coefficient (Wildman–Crippen LogP) is 1.45. The Balaban J connectivity index is 3.02. The highest BCUT2D eigenvalue weighted by atomic mass is 16.5. The zero-order valence-corrected chi connectivity index (χ0v) is 7.75. The van der Waals surface area contributed by atoms with E-state index < -0.39 is 0 Å². The SMILES string of the molecule is [CH2]CCCOCC(C)OCC[O]. The van der Waals surface area contributed by atoms with Crippen LogP contribution in [0.4, 0.5) is 0 Å². The Morgan fingerprint density at radius 3 is 2.75 bits per heavy atom. The van der Waals surface area contributed by atoms with Crippen LogP contribution in [0.3, 0.4) is 0 Å². The molecule has 0 aromatic heterocycles. The number of rotatable bonds is 8. The maximum Gasteiger partial charge on any atom is 0.106 e. The monoisotopic (exact) mass is 174 g/mol. The number of hydrogen-bond acceptors (Lipinski definition) is 2. The molecule has 1 unspecified atom stereocenters. The molecule has 12 heavy (non-hydrogen) atoms. The van der Waals surface area contributed by atoms with Crippen molar-refractivity contribution >= 4 is 0 Å². The molecule has 0 aromatic carbocycles. The standard InChI is InChI=1S/C9H18O3/c1-3-4-6-11-8-9(2)12-7-5-10/h9H,1,3-8H2,2H3. The summed E-state index contributed by atoms with van der Waals surface area (Å²) in [5.74, 6) is 0. The van der Waals surface area contributed by atoms with Crippen LogP contribution in [0.5, 0.6) is 0 Å². The van der Waals surface area contributed by atoms with Crippen molar-refractivity contribution in [3.8, 4) is 0 Å². The highest BCUT2D eigenvalue weighted by molar-refractivity contribution is 4.47. The molecule has 2 radical (unpaired) electrons. The van der Waals surface area contributed by atoms with Crippen LogP contribution in [-0.2, 0) is 14.6 Å². The fourth-order valence-electron chi connectivity index (χ4n) is 0.751. The van der Waals surface area contributed by atoms with E-state index in [2.05, 4.69) is 6.92 Å². The van der Waals surface area contributed by atoms with E-state index in [0.29, 0.717) is 6.61 Å². The first-order valence-electron chi connectivity index (χ1n) is 4.38. The minimum atomic E-state index is -0.177. The first-order chi connectivity index (χ1) is 5.81. The van der Waals surface area contributed by atoms with Crippen LogP contribution in [-0.4, -0.2) is 32.5 Å². The average molecular weight is 174 g/mol. The van der Waals surface area contributed by atoms with Crippen LogP contribution < -0.4 is 0 Å². The van der Waals surface area contributed by atoms with E-state index in [1.165, 1.54) is 0 Å². The van der Waals surface area contributed by atoms with Crippen LogP contribution >= 0.6 is 0 Å². The number of unbranched alkanes of at least 4 members (excludes halogenated alkanes) is 1. The highest BCUT2D eigenvalue weighted by Crippen LogP contribution is 1.93. The van der Waals surface area contributed by atoms with Crippen molar-refractivity contribution in [2.24, 2.45) is 0 Å². The van der Waals surface area contributed by atoms with Gasteiger partial charge in [-0.1, -0.05) is 13.3 Å².